The van der Waals surface area contributed by atoms with E-state index in [-0.39, 0.29) is 24.8 Å². The maximum Gasteiger partial charge on any atom is 0.260 e. The van der Waals surface area contributed by atoms with Crippen LogP contribution in [0.1, 0.15) is 6.42 Å². The number of nitrogens with zero attached hydrogens (tertiary/aromatic N) is 2. The summed E-state index contributed by atoms with van der Waals surface area (Å²) in [4.78, 5) is 15.5. The summed E-state index contributed by atoms with van der Waals surface area (Å²) in [6, 6.07) is 5.97. The van der Waals surface area contributed by atoms with Gasteiger partial charge in [-0.15, -0.1) is 0 Å². The van der Waals surface area contributed by atoms with E-state index in [2.05, 4.69) is 0 Å². The third-order valence-corrected chi connectivity index (χ3v) is 3.48. The molecule has 1 aromatic rings. The second kappa shape index (κ2) is 6.41. The molecule has 0 radical (unpaired) electrons. The van der Waals surface area contributed by atoms with Crippen LogP contribution in [0.3, 0.4) is 0 Å². The maximum absolute atomic E-state index is 13.4. The van der Waals surface area contributed by atoms with Crippen LogP contribution in [0.15, 0.2) is 24.3 Å². The van der Waals surface area contributed by atoms with Crippen molar-refractivity contribution in [3.05, 3.63) is 30.1 Å². The predicted octanol–water partition coefficient (Wildman–Crippen LogP) is 0.729. The fraction of sp³-hybridized carbons (Fsp3) is 0.533. The number of β-amino-alcohol motifs (C(OH)–C–C–N with tert-alkyl or cyclic N) is 1. The molecule has 1 amide bonds. The molecule has 0 saturated carbocycles. The highest BCUT2D eigenvalue weighted by Crippen LogP contribution is 2.22. The minimum atomic E-state index is -0.878. The van der Waals surface area contributed by atoms with E-state index in [0.29, 0.717) is 19.5 Å². The van der Waals surface area contributed by atoms with Crippen LogP contribution >= 0.6 is 0 Å². The minimum absolute atomic E-state index is 0.0635. The van der Waals surface area contributed by atoms with Gasteiger partial charge in [0.05, 0.1) is 12.1 Å². The summed E-state index contributed by atoms with van der Waals surface area (Å²) in [6.45, 7) is 1.05. The van der Waals surface area contributed by atoms with Gasteiger partial charge < -0.3 is 19.6 Å². The first kappa shape index (κ1) is 15.7. The van der Waals surface area contributed by atoms with Crippen LogP contribution in [0, 0.1) is 5.82 Å². The molecule has 21 heavy (non-hydrogen) atoms. The minimum Gasteiger partial charge on any atom is -0.481 e. The van der Waals surface area contributed by atoms with Gasteiger partial charge in [0.15, 0.2) is 18.2 Å². The molecule has 1 atom stereocenters. The van der Waals surface area contributed by atoms with Crippen molar-refractivity contribution in [3.8, 4) is 5.75 Å². The van der Waals surface area contributed by atoms with Crippen LogP contribution < -0.4 is 4.74 Å². The topological polar surface area (TPSA) is 53.0 Å². The van der Waals surface area contributed by atoms with Crippen molar-refractivity contribution >= 4 is 5.91 Å². The molecule has 1 saturated heterocycles. The third-order valence-electron chi connectivity index (χ3n) is 3.48. The second-order valence-electron chi connectivity index (χ2n) is 5.75. The lowest BCUT2D eigenvalue weighted by molar-refractivity contribution is -0.133. The standard InChI is InChI=1S/C15H21FN2O3/c1-17(2)10-15(20)7-8-18(11-15)14(19)9-21-13-6-4-3-5-12(13)16/h3-6,20H,7-11H2,1-2H3/t15-/m0/s1. The van der Waals surface area contributed by atoms with Crippen molar-refractivity contribution in [2.24, 2.45) is 0 Å². The van der Waals surface area contributed by atoms with Crippen LogP contribution in [-0.2, 0) is 4.79 Å². The number of rotatable bonds is 5. The molecule has 2 rings (SSSR count). The highest BCUT2D eigenvalue weighted by atomic mass is 19.1. The van der Waals surface area contributed by atoms with Gasteiger partial charge in [-0.2, -0.15) is 0 Å². The molecule has 0 aliphatic carbocycles. The van der Waals surface area contributed by atoms with Gasteiger partial charge in [0.2, 0.25) is 0 Å². The molecule has 0 spiro atoms. The Balaban J connectivity index is 1.86. The molecule has 1 fully saturated rings. The first-order valence-electron chi connectivity index (χ1n) is 6.92. The molecule has 5 nitrogen and oxygen atoms in total. The van der Waals surface area contributed by atoms with E-state index in [1.54, 1.807) is 17.0 Å². The van der Waals surface area contributed by atoms with E-state index in [9.17, 15) is 14.3 Å². The fourth-order valence-corrected chi connectivity index (χ4v) is 2.58. The zero-order chi connectivity index (χ0) is 15.5. The summed E-state index contributed by atoms with van der Waals surface area (Å²) in [5.41, 5.74) is -0.878. The van der Waals surface area contributed by atoms with E-state index in [1.807, 2.05) is 19.0 Å². The summed E-state index contributed by atoms with van der Waals surface area (Å²) in [5.74, 6) is -0.669. The predicted molar refractivity (Wildman–Crippen MR) is 76.6 cm³/mol. The molecule has 0 unspecified atom stereocenters. The molecule has 1 N–H and O–H groups in total. The summed E-state index contributed by atoms with van der Waals surface area (Å²) in [7, 11) is 3.76. The van der Waals surface area contributed by atoms with Crippen molar-refractivity contribution in [2.75, 3.05) is 40.3 Å². The van der Waals surface area contributed by atoms with Gasteiger partial charge in [0.1, 0.15) is 0 Å². The Bertz CT molecular complexity index is 509. The summed E-state index contributed by atoms with van der Waals surface area (Å²) in [5, 5.41) is 10.4. The first-order chi connectivity index (χ1) is 9.89. The van der Waals surface area contributed by atoms with E-state index in [0.717, 1.165) is 0 Å². The van der Waals surface area contributed by atoms with E-state index < -0.39 is 11.4 Å². The van der Waals surface area contributed by atoms with Gasteiger partial charge in [-0.25, -0.2) is 4.39 Å². The Morgan fingerprint density at radius 2 is 2.19 bits per heavy atom. The maximum atomic E-state index is 13.4. The van der Waals surface area contributed by atoms with Crippen LogP contribution in [0.5, 0.6) is 5.75 Å². The molecule has 0 aromatic heterocycles. The number of aliphatic hydroxyl groups is 1. The fourth-order valence-electron chi connectivity index (χ4n) is 2.58. The number of para-hydroxylation sites is 1. The number of likely N-dealkylation sites (tertiary alicyclic amines) is 1. The van der Waals surface area contributed by atoms with Gasteiger partial charge in [0, 0.05) is 13.1 Å². The number of carbonyl (C=O) groups is 1. The molecule has 0 bridgehead atoms. The van der Waals surface area contributed by atoms with Gasteiger partial charge in [-0.05, 0) is 32.6 Å². The lowest BCUT2D eigenvalue weighted by atomic mass is 10.0. The average molecular weight is 296 g/mol. The zero-order valence-corrected chi connectivity index (χ0v) is 12.4. The molecule has 1 heterocycles. The Morgan fingerprint density at radius 3 is 2.86 bits per heavy atom. The smallest absolute Gasteiger partial charge is 0.260 e. The van der Waals surface area contributed by atoms with Gasteiger partial charge in [-0.1, -0.05) is 12.1 Å². The quantitative estimate of drug-likeness (QED) is 0.870. The van der Waals surface area contributed by atoms with Crippen LogP contribution in [0.4, 0.5) is 4.39 Å². The lowest BCUT2D eigenvalue weighted by Gasteiger charge is -2.26. The Morgan fingerprint density at radius 1 is 1.48 bits per heavy atom. The monoisotopic (exact) mass is 296 g/mol. The highest BCUT2D eigenvalue weighted by Gasteiger charge is 2.38. The van der Waals surface area contributed by atoms with Crippen molar-refractivity contribution in [3.63, 3.8) is 0 Å². The number of halogens is 1. The average Bonchev–Trinajstić information content (AvgIpc) is 2.79. The van der Waals surface area contributed by atoms with E-state index >= 15 is 0 Å². The summed E-state index contributed by atoms with van der Waals surface area (Å²) in [6.07, 6.45) is 0.538. The number of carbonyl (C=O) groups excluding carboxylic acids is 1. The molecule has 116 valence electrons. The number of benzene rings is 1. The second-order valence-corrected chi connectivity index (χ2v) is 5.75. The van der Waals surface area contributed by atoms with Crippen LogP contribution in [-0.4, -0.2) is 66.8 Å². The number of hydrogen-bond donors (Lipinski definition) is 1. The van der Waals surface area contributed by atoms with Crippen molar-refractivity contribution in [1.82, 2.24) is 9.80 Å². The Kier molecular flexibility index (Phi) is 4.80. The zero-order valence-electron chi connectivity index (χ0n) is 12.4. The van der Waals surface area contributed by atoms with Crippen LogP contribution in [0.2, 0.25) is 0 Å². The summed E-state index contributed by atoms with van der Waals surface area (Å²) < 4.78 is 18.6. The number of ether oxygens (including phenoxy) is 1. The number of amides is 1. The molecule has 6 heteroatoms. The van der Waals surface area contributed by atoms with E-state index in [1.165, 1.54) is 12.1 Å². The normalized spacial score (nSPS) is 21.9. The number of likely N-dealkylation sites (N-methyl/N-ethyl adjacent to an activating group) is 1. The summed E-state index contributed by atoms with van der Waals surface area (Å²) >= 11 is 0. The van der Waals surface area contributed by atoms with Crippen molar-refractivity contribution in [2.45, 2.75) is 12.0 Å². The first-order valence-corrected chi connectivity index (χ1v) is 6.92. The van der Waals surface area contributed by atoms with Gasteiger partial charge >= 0.3 is 0 Å². The Labute approximate surface area is 123 Å². The Hall–Kier alpha value is -1.66. The highest BCUT2D eigenvalue weighted by molar-refractivity contribution is 5.78. The SMILES string of the molecule is CN(C)C[C@@]1(O)CCN(C(=O)COc2ccccc2F)C1. The molecular weight excluding hydrogens is 275 g/mol. The molecule has 1 aliphatic rings. The third kappa shape index (κ3) is 4.15. The molecule has 1 aliphatic heterocycles. The lowest BCUT2D eigenvalue weighted by Crippen LogP contribution is -2.44. The van der Waals surface area contributed by atoms with Gasteiger partial charge in [0.25, 0.3) is 5.91 Å². The molecular formula is C15H21FN2O3. The van der Waals surface area contributed by atoms with Gasteiger partial charge in [-0.3, -0.25) is 4.79 Å². The van der Waals surface area contributed by atoms with Crippen molar-refractivity contribution in [1.29, 1.82) is 0 Å². The van der Waals surface area contributed by atoms with Crippen LogP contribution in [0.25, 0.3) is 0 Å². The van der Waals surface area contributed by atoms with Crippen molar-refractivity contribution < 1.29 is 19.0 Å². The largest absolute Gasteiger partial charge is 0.481 e. The van der Waals surface area contributed by atoms with E-state index in [4.69, 9.17) is 4.74 Å². The number of hydrogen-bond acceptors (Lipinski definition) is 4. The molecule has 1 aromatic carbocycles.